The van der Waals surface area contributed by atoms with Crippen LogP contribution in [-0.4, -0.2) is 11.2 Å². The van der Waals surface area contributed by atoms with Crippen LogP contribution in [0.25, 0.3) is 0 Å². The Bertz CT molecular complexity index is 516. The minimum atomic E-state index is -0.0780. The van der Waals surface area contributed by atoms with E-state index in [2.05, 4.69) is 32.9 Å². The van der Waals surface area contributed by atoms with E-state index in [4.69, 9.17) is 0 Å². The highest BCUT2D eigenvalue weighted by atomic mass is 16.3. The van der Waals surface area contributed by atoms with Gasteiger partial charge in [-0.3, -0.25) is 0 Å². The van der Waals surface area contributed by atoms with Crippen LogP contribution in [0.2, 0.25) is 0 Å². The Balaban J connectivity index is 1.68. The Morgan fingerprint density at radius 1 is 1.27 bits per heavy atom. The van der Waals surface area contributed by atoms with Crippen molar-refractivity contribution in [3.05, 3.63) is 23.3 Å². The van der Waals surface area contributed by atoms with Gasteiger partial charge in [0, 0.05) is 0 Å². The third-order valence-corrected chi connectivity index (χ3v) is 7.97. The molecule has 0 saturated heterocycles. The SMILES string of the molecule is CC=C1CCC2C3CC=C4C[C@@H](O)CC[C@]4(C)C3C[C@@H](C)C12. The maximum atomic E-state index is 10.1. The fraction of sp³-hybridized carbons (Fsp3) is 0.810. The predicted molar refractivity (Wildman–Crippen MR) is 91.4 cm³/mol. The molecule has 0 aliphatic heterocycles. The average Bonchev–Trinajstić information content (AvgIpc) is 2.94. The van der Waals surface area contributed by atoms with Crippen molar-refractivity contribution >= 4 is 0 Å². The third-order valence-electron chi connectivity index (χ3n) is 7.97. The molecule has 4 unspecified atom stereocenters. The van der Waals surface area contributed by atoms with E-state index in [1.165, 1.54) is 32.1 Å². The summed E-state index contributed by atoms with van der Waals surface area (Å²) in [5.74, 6) is 4.43. The lowest BCUT2D eigenvalue weighted by atomic mass is 9.49. The summed E-state index contributed by atoms with van der Waals surface area (Å²) < 4.78 is 0. The molecule has 0 amide bonds. The second-order valence-corrected chi connectivity index (χ2v) is 8.85. The zero-order valence-electron chi connectivity index (χ0n) is 14.5. The van der Waals surface area contributed by atoms with E-state index in [1.54, 1.807) is 11.1 Å². The lowest BCUT2D eigenvalue weighted by molar-refractivity contribution is -0.0216. The van der Waals surface area contributed by atoms with Gasteiger partial charge in [-0.05, 0) is 86.9 Å². The topological polar surface area (TPSA) is 20.2 Å². The molecular formula is C21H32O. The summed E-state index contributed by atoms with van der Waals surface area (Å²) in [4.78, 5) is 0. The smallest absolute Gasteiger partial charge is 0.0577 e. The van der Waals surface area contributed by atoms with Gasteiger partial charge in [-0.25, -0.2) is 0 Å². The molecule has 3 saturated carbocycles. The van der Waals surface area contributed by atoms with E-state index in [1.807, 2.05) is 0 Å². The summed E-state index contributed by atoms with van der Waals surface area (Å²) in [6.45, 7) is 7.29. The standard InChI is InChI=1S/C21H32O/c1-4-14-5-7-18-17-8-6-15-12-16(22)9-10-21(15,3)19(17)11-13(2)20(14)18/h4,6,13,16-20,22H,5,7-12H2,1-3H3/t13-,16+,17?,18?,19?,20?,21+/m1/s1. The highest BCUT2D eigenvalue weighted by Crippen LogP contribution is 2.63. The van der Waals surface area contributed by atoms with E-state index in [9.17, 15) is 5.11 Å². The van der Waals surface area contributed by atoms with Gasteiger partial charge in [0.25, 0.3) is 0 Å². The summed E-state index contributed by atoms with van der Waals surface area (Å²) in [5.41, 5.74) is 3.75. The normalized spacial score (nSPS) is 52.7. The fourth-order valence-corrected chi connectivity index (χ4v) is 6.89. The lowest BCUT2D eigenvalue weighted by Crippen LogP contribution is -2.49. The highest BCUT2D eigenvalue weighted by molar-refractivity contribution is 5.27. The highest BCUT2D eigenvalue weighted by Gasteiger charge is 2.54. The first-order valence-electron chi connectivity index (χ1n) is 9.57. The summed E-state index contributed by atoms with van der Waals surface area (Å²) in [6.07, 6.45) is 13.5. The van der Waals surface area contributed by atoms with Crippen molar-refractivity contribution in [2.75, 3.05) is 0 Å². The predicted octanol–water partition coefficient (Wildman–Crippen LogP) is 5.11. The molecule has 0 heterocycles. The number of hydrogen-bond acceptors (Lipinski definition) is 1. The first kappa shape index (κ1) is 15.0. The van der Waals surface area contributed by atoms with Gasteiger partial charge < -0.3 is 5.11 Å². The minimum absolute atomic E-state index is 0.0780. The molecule has 22 heavy (non-hydrogen) atoms. The van der Waals surface area contributed by atoms with Crippen LogP contribution in [-0.2, 0) is 0 Å². The zero-order valence-corrected chi connectivity index (χ0v) is 14.5. The Morgan fingerprint density at radius 3 is 2.86 bits per heavy atom. The average molecular weight is 300 g/mol. The number of aliphatic hydroxyl groups is 1. The monoisotopic (exact) mass is 300 g/mol. The van der Waals surface area contributed by atoms with Gasteiger partial charge >= 0.3 is 0 Å². The molecule has 0 radical (unpaired) electrons. The van der Waals surface area contributed by atoms with E-state index in [0.717, 1.165) is 42.4 Å². The molecule has 4 aliphatic carbocycles. The van der Waals surface area contributed by atoms with Gasteiger partial charge in [0.05, 0.1) is 6.10 Å². The summed E-state index contributed by atoms with van der Waals surface area (Å²) in [7, 11) is 0. The van der Waals surface area contributed by atoms with Crippen molar-refractivity contribution in [2.45, 2.75) is 71.8 Å². The van der Waals surface area contributed by atoms with Crippen LogP contribution < -0.4 is 0 Å². The third kappa shape index (κ3) is 2.00. The first-order valence-corrected chi connectivity index (χ1v) is 9.57. The Hall–Kier alpha value is -0.560. The first-order chi connectivity index (χ1) is 10.5. The van der Waals surface area contributed by atoms with Crippen molar-refractivity contribution in [3.8, 4) is 0 Å². The summed E-state index contributed by atoms with van der Waals surface area (Å²) >= 11 is 0. The van der Waals surface area contributed by atoms with E-state index in [0.29, 0.717) is 5.41 Å². The quantitative estimate of drug-likeness (QED) is 0.616. The van der Waals surface area contributed by atoms with Crippen LogP contribution in [0.3, 0.4) is 0 Å². The van der Waals surface area contributed by atoms with Gasteiger partial charge in [-0.2, -0.15) is 0 Å². The van der Waals surface area contributed by atoms with Crippen molar-refractivity contribution in [2.24, 2.45) is 35.0 Å². The molecule has 4 rings (SSSR count). The summed E-state index contributed by atoms with van der Waals surface area (Å²) in [5, 5.41) is 10.1. The molecule has 0 aromatic rings. The van der Waals surface area contributed by atoms with Gasteiger partial charge in [0.1, 0.15) is 0 Å². The molecule has 1 nitrogen and oxygen atoms in total. The van der Waals surface area contributed by atoms with Gasteiger partial charge in [-0.1, -0.05) is 37.1 Å². The maximum absolute atomic E-state index is 10.1. The van der Waals surface area contributed by atoms with Gasteiger partial charge in [-0.15, -0.1) is 0 Å². The van der Waals surface area contributed by atoms with Gasteiger partial charge in [0.2, 0.25) is 0 Å². The van der Waals surface area contributed by atoms with Crippen LogP contribution in [0.1, 0.15) is 65.7 Å². The lowest BCUT2D eigenvalue weighted by Gasteiger charge is -2.56. The van der Waals surface area contributed by atoms with Crippen molar-refractivity contribution in [1.82, 2.24) is 0 Å². The van der Waals surface area contributed by atoms with E-state index < -0.39 is 0 Å². The zero-order chi connectivity index (χ0) is 15.5. The molecule has 3 fully saturated rings. The number of fused-ring (bicyclic) bond motifs is 5. The van der Waals surface area contributed by atoms with Crippen LogP contribution in [0.15, 0.2) is 23.3 Å². The molecule has 4 aliphatic rings. The van der Waals surface area contributed by atoms with Crippen LogP contribution in [0.5, 0.6) is 0 Å². The second-order valence-electron chi connectivity index (χ2n) is 8.85. The Labute approximate surface area is 135 Å². The number of hydrogen-bond donors (Lipinski definition) is 1. The maximum Gasteiger partial charge on any atom is 0.0577 e. The molecule has 0 bridgehead atoms. The van der Waals surface area contributed by atoms with Crippen LogP contribution >= 0.6 is 0 Å². The molecule has 0 spiro atoms. The fourth-order valence-electron chi connectivity index (χ4n) is 6.89. The van der Waals surface area contributed by atoms with Crippen LogP contribution in [0.4, 0.5) is 0 Å². The van der Waals surface area contributed by atoms with Crippen molar-refractivity contribution in [1.29, 1.82) is 0 Å². The number of aliphatic hydroxyl groups excluding tert-OH is 1. The molecule has 1 N–H and O–H groups in total. The molecule has 0 aromatic carbocycles. The number of allylic oxidation sites excluding steroid dienone is 3. The van der Waals surface area contributed by atoms with Gasteiger partial charge in [0.15, 0.2) is 0 Å². The molecule has 0 aromatic heterocycles. The molecule has 1 heteroatoms. The van der Waals surface area contributed by atoms with Crippen molar-refractivity contribution < 1.29 is 5.11 Å². The molecular weight excluding hydrogens is 268 g/mol. The van der Waals surface area contributed by atoms with E-state index in [-0.39, 0.29) is 6.10 Å². The molecule has 7 atom stereocenters. The van der Waals surface area contributed by atoms with Crippen LogP contribution in [0, 0.1) is 35.0 Å². The largest absolute Gasteiger partial charge is 0.393 e. The molecule has 122 valence electrons. The minimum Gasteiger partial charge on any atom is -0.393 e. The summed E-state index contributed by atoms with van der Waals surface area (Å²) in [6, 6.07) is 0. The second kappa shape index (κ2) is 5.23. The van der Waals surface area contributed by atoms with Crippen molar-refractivity contribution in [3.63, 3.8) is 0 Å². The Morgan fingerprint density at radius 2 is 2.09 bits per heavy atom. The van der Waals surface area contributed by atoms with E-state index >= 15 is 0 Å². The number of rotatable bonds is 0. The Kier molecular flexibility index (Phi) is 3.56.